The average Bonchev–Trinajstić information content (AvgIpc) is 2.62. The van der Waals surface area contributed by atoms with Gasteiger partial charge < -0.3 is 10.6 Å². The van der Waals surface area contributed by atoms with Gasteiger partial charge in [0.05, 0.1) is 11.9 Å². The fourth-order valence-corrected chi connectivity index (χ4v) is 0.976. The third-order valence-electron chi connectivity index (χ3n) is 1.73. The van der Waals surface area contributed by atoms with Crippen molar-refractivity contribution >= 4 is 5.91 Å². The van der Waals surface area contributed by atoms with Gasteiger partial charge in [-0.3, -0.25) is 4.79 Å². The Labute approximate surface area is 82.7 Å². The number of carbonyl (C=O) groups excluding carboxylic acids is 1. The van der Waals surface area contributed by atoms with Gasteiger partial charge in [0.15, 0.2) is 0 Å². The predicted molar refractivity (Wildman–Crippen MR) is 51.5 cm³/mol. The van der Waals surface area contributed by atoms with Gasteiger partial charge >= 0.3 is 0 Å². The van der Waals surface area contributed by atoms with E-state index in [1.165, 1.54) is 4.68 Å². The highest BCUT2D eigenvalue weighted by Crippen LogP contribution is 1.91. The number of carbonyl (C=O) groups is 1. The van der Waals surface area contributed by atoms with E-state index in [-0.39, 0.29) is 12.5 Å². The van der Waals surface area contributed by atoms with Gasteiger partial charge in [0.25, 0.3) is 0 Å². The average molecular weight is 197 g/mol. The van der Waals surface area contributed by atoms with Crippen LogP contribution < -0.4 is 10.6 Å². The molecule has 0 fully saturated rings. The second-order valence-electron chi connectivity index (χ2n) is 2.86. The quantitative estimate of drug-likeness (QED) is 0.644. The molecule has 1 amide bonds. The maximum absolute atomic E-state index is 11.0. The lowest BCUT2D eigenvalue weighted by Crippen LogP contribution is -2.23. The van der Waals surface area contributed by atoms with E-state index in [1.54, 1.807) is 13.2 Å². The van der Waals surface area contributed by atoms with Crippen LogP contribution >= 0.6 is 0 Å². The minimum absolute atomic E-state index is 0.0788. The zero-order valence-corrected chi connectivity index (χ0v) is 8.45. The van der Waals surface area contributed by atoms with Gasteiger partial charge in [0.2, 0.25) is 5.91 Å². The lowest BCUT2D eigenvalue weighted by atomic mass is 10.4. The number of nitrogens with one attached hydrogen (secondary N) is 2. The molecule has 1 rings (SSSR count). The highest BCUT2D eigenvalue weighted by molar-refractivity contribution is 5.75. The number of hydrogen-bond donors (Lipinski definition) is 2. The summed E-state index contributed by atoms with van der Waals surface area (Å²) in [6.45, 7) is 3.82. The lowest BCUT2D eigenvalue weighted by Gasteiger charge is -1.97. The van der Waals surface area contributed by atoms with Crippen LogP contribution in [0, 0.1) is 0 Å². The van der Waals surface area contributed by atoms with Gasteiger partial charge in [-0.2, -0.15) is 0 Å². The molecule has 78 valence electrons. The van der Waals surface area contributed by atoms with Gasteiger partial charge in [-0.25, -0.2) is 4.68 Å². The first-order chi connectivity index (χ1) is 6.76. The summed E-state index contributed by atoms with van der Waals surface area (Å²) in [5, 5.41) is 13.4. The predicted octanol–water partition coefficient (Wildman–Crippen LogP) is -0.866. The third-order valence-corrected chi connectivity index (χ3v) is 1.73. The molecule has 0 aromatic carbocycles. The Morgan fingerprint density at radius 3 is 3.07 bits per heavy atom. The smallest absolute Gasteiger partial charge is 0.241 e. The maximum atomic E-state index is 11.0. The van der Waals surface area contributed by atoms with Crippen molar-refractivity contribution in [2.24, 2.45) is 0 Å². The molecule has 0 aliphatic rings. The lowest BCUT2D eigenvalue weighted by molar-refractivity contribution is -0.121. The number of hydrogen-bond acceptors (Lipinski definition) is 4. The number of nitrogens with zero attached hydrogens (tertiary/aromatic N) is 3. The van der Waals surface area contributed by atoms with E-state index < -0.39 is 0 Å². The maximum Gasteiger partial charge on any atom is 0.241 e. The van der Waals surface area contributed by atoms with Gasteiger partial charge in [0.1, 0.15) is 6.54 Å². The van der Waals surface area contributed by atoms with Crippen molar-refractivity contribution in [1.82, 2.24) is 25.6 Å². The number of amides is 1. The molecule has 1 aromatic rings. The molecular weight excluding hydrogens is 182 g/mol. The fraction of sp³-hybridized carbons (Fsp3) is 0.625. The van der Waals surface area contributed by atoms with Gasteiger partial charge in [-0.05, 0) is 6.54 Å². The Hall–Kier alpha value is -1.43. The van der Waals surface area contributed by atoms with E-state index in [1.807, 2.05) is 6.92 Å². The Morgan fingerprint density at radius 1 is 1.64 bits per heavy atom. The van der Waals surface area contributed by atoms with Crippen molar-refractivity contribution in [1.29, 1.82) is 0 Å². The largest absolute Gasteiger partial charge is 0.358 e. The first-order valence-corrected chi connectivity index (χ1v) is 4.56. The van der Waals surface area contributed by atoms with Crippen molar-refractivity contribution in [3.63, 3.8) is 0 Å². The van der Waals surface area contributed by atoms with Crippen LogP contribution in [0.5, 0.6) is 0 Å². The van der Waals surface area contributed by atoms with Gasteiger partial charge in [-0.1, -0.05) is 12.1 Å². The Kier molecular flexibility index (Phi) is 4.06. The molecule has 1 heterocycles. The topological polar surface area (TPSA) is 71.8 Å². The van der Waals surface area contributed by atoms with E-state index in [4.69, 9.17) is 0 Å². The molecule has 1 aromatic heterocycles. The van der Waals surface area contributed by atoms with Crippen LogP contribution in [0.1, 0.15) is 12.6 Å². The summed E-state index contributed by atoms with van der Waals surface area (Å²) in [4.78, 5) is 11.0. The standard InChI is InChI=1S/C8H15N5O/c1-3-10-4-7-5-13(12-11-7)6-8(14)9-2/h5,10H,3-4,6H2,1-2H3,(H,9,14). The fourth-order valence-electron chi connectivity index (χ4n) is 0.976. The first-order valence-electron chi connectivity index (χ1n) is 4.56. The van der Waals surface area contributed by atoms with E-state index in [0.29, 0.717) is 6.54 Å². The second kappa shape index (κ2) is 5.33. The minimum Gasteiger partial charge on any atom is -0.358 e. The van der Waals surface area contributed by atoms with Crippen molar-refractivity contribution in [3.05, 3.63) is 11.9 Å². The summed E-state index contributed by atoms with van der Waals surface area (Å²) in [7, 11) is 1.60. The molecule has 6 nitrogen and oxygen atoms in total. The van der Waals surface area contributed by atoms with Gasteiger partial charge in [-0.15, -0.1) is 5.10 Å². The number of rotatable bonds is 5. The summed E-state index contributed by atoms with van der Waals surface area (Å²) in [5.74, 6) is -0.0788. The Bertz CT molecular complexity index is 296. The molecule has 0 bridgehead atoms. The second-order valence-corrected chi connectivity index (χ2v) is 2.86. The summed E-state index contributed by atoms with van der Waals surface area (Å²) < 4.78 is 1.52. The van der Waals surface area contributed by atoms with Crippen LogP contribution in [0.4, 0.5) is 0 Å². The SMILES string of the molecule is CCNCc1cn(CC(=O)NC)nn1. The zero-order chi connectivity index (χ0) is 10.4. The summed E-state index contributed by atoms with van der Waals surface area (Å²) >= 11 is 0. The van der Waals surface area contributed by atoms with Crippen LogP contribution in [-0.2, 0) is 17.9 Å². The number of likely N-dealkylation sites (N-methyl/N-ethyl adjacent to an activating group) is 1. The first kappa shape index (κ1) is 10.6. The minimum atomic E-state index is -0.0788. The normalized spacial score (nSPS) is 10.1. The molecule has 2 N–H and O–H groups in total. The molecule has 0 saturated heterocycles. The van der Waals surface area contributed by atoms with Crippen molar-refractivity contribution in [2.75, 3.05) is 13.6 Å². The third kappa shape index (κ3) is 3.14. The van der Waals surface area contributed by atoms with Crippen LogP contribution in [0.15, 0.2) is 6.20 Å². The highest BCUT2D eigenvalue weighted by atomic mass is 16.1. The Balaban J connectivity index is 2.46. The van der Waals surface area contributed by atoms with Crippen LogP contribution in [0.2, 0.25) is 0 Å². The molecule has 0 radical (unpaired) electrons. The summed E-state index contributed by atoms with van der Waals surface area (Å²) in [6, 6.07) is 0. The molecule has 14 heavy (non-hydrogen) atoms. The van der Waals surface area contributed by atoms with Crippen molar-refractivity contribution < 1.29 is 4.79 Å². The highest BCUT2D eigenvalue weighted by Gasteiger charge is 2.03. The molecule has 0 unspecified atom stereocenters. The molecule has 0 spiro atoms. The monoisotopic (exact) mass is 197 g/mol. The van der Waals surface area contributed by atoms with E-state index in [9.17, 15) is 4.79 Å². The number of aromatic nitrogens is 3. The molecule has 0 aliphatic heterocycles. The molecule has 0 saturated carbocycles. The van der Waals surface area contributed by atoms with Crippen LogP contribution in [0.3, 0.4) is 0 Å². The van der Waals surface area contributed by atoms with E-state index in [0.717, 1.165) is 12.2 Å². The van der Waals surface area contributed by atoms with Crippen molar-refractivity contribution in [2.45, 2.75) is 20.0 Å². The molecule has 0 aliphatic carbocycles. The molecule has 0 atom stereocenters. The summed E-state index contributed by atoms with van der Waals surface area (Å²) in [5.41, 5.74) is 0.843. The zero-order valence-electron chi connectivity index (χ0n) is 8.45. The Morgan fingerprint density at radius 2 is 2.43 bits per heavy atom. The summed E-state index contributed by atoms with van der Waals surface area (Å²) in [6.07, 6.45) is 1.76. The van der Waals surface area contributed by atoms with Crippen molar-refractivity contribution in [3.8, 4) is 0 Å². The molecular formula is C8H15N5O. The van der Waals surface area contributed by atoms with E-state index in [2.05, 4.69) is 20.9 Å². The van der Waals surface area contributed by atoms with Gasteiger partial charge in [0, 0.05) is 13.6 Å². The molecule has 6 heteroatoms. The van der Waals surface area contributed by atoms with Crippen LogP contribution in [-0.4, -0.2) is 34.5 Å². The van der Waals surface area contributed by atoms with Crippen LogP contribution in [0.25, 0.3) is 0 Å². The van der Waals surface area contributed by atoms with E-state index >= 15 is 0 Å².